The molecule has 1 aliphatic heterocycles. The van der Waals surface area contributed by atoms with E-state index < -0.39 is 6.04 Å². The lowest BCUT2D eigenvalue weighted by molar-refractivity contribution is -0.149. The molecule has 22 heavy (non-hydrogen) atoms. The molecule has 2 aliphatic rings. The van der Waals surface area contributed by atoms with E-state index in [2.05, 4.69) is 12.2 Å². The molecule has 0 spiro atoms. The zero-order valence-corrected chi connectivity index (χ0v) is 13.4. The van der Waals surface area contributed by atoms with Crippen molar-refractivity contribution in [3.63, 3.8) is 0 Å². The van der Waals surface area contributed by atoms with Crippen molar-refractivity contribution in [3.05, 3.63) is 34.5 Å². The lowest BCUT2D eigenvalue weighted by Gasteiger charge is -2.24. The normalized spacial score (nSPS) is 24.5. The van der Waals surface area contributed by atoms with Crippen LogP contribution in [-0.2, 0) is 9.53 Å². The molecule has 0 N–H and O–H groups in total. The molecule has 1 aliphatic carbocycles. The molecule has 0 radical (unpaired) electrons. The zero-order valence-electron chi connectivity index (χ0n) is 12.6. The minimum absolute atomic E-state index is 0.0463. The number of likely N-dealkylation sites (tertiary alicyclic amines) is 1. The van der Waals surface area contributed by atoms with Crippen molar-refractivity contribution in [2.24, 2.45) is 5.92 Å². The first-order valence-corrected chi connectivity index (χ1v) is 8.80. The number of ether oxygens (including phenoxy) is 1. The van der Waals surface area contributed by atoms with Gasteiger partial charge in [0.15, 0.2) is 0 Å². The summed E-state index contributed by atoms with van der Waals surface area (Å²) in [5.41, 5.74) is 0. The quantitative estimate of drug-likeness (QED) is 0.632. The van der Waals surface area contributed by atoms with Crippen LogP contribution in [0.3, 0.4) is 0 Å². The maximum absolute atomic E-state index is 12.4. The average Bonchev–Trinajstić information content (AvgIpc) is 3.24. The van der Waals surface area contributed by atoms with Crippen LogP contribution in [0, 0.1) is 5.92 Å². The molecule has 1 saturated heterocycles. The van der Waals surface area contributed by atoms with Crippen molar-refractivity contribution in [1.82, 2.24) is 4.90 Å². The number of esters is 1. The molecule has 3 rings (SSSR count). The zero-order chi connectivity index (χ0) is 15.4. The Kier molecular flexibility index (Phi) is 4.93. The van der Waals surface area contributed by atoms with Gasteiger partial charge in [0, 0.05) is 6.54 Å². The molecule has 0 bridgehead atoms. The third-order valence-electron chi connectivity index (χ3n) is 4.36. The number of rotatable bonds is 4. The van der Waals surface area contributed by atoms with E-state index in [9.17, 15) is 9.59 Å². The second-order valence-electron chi connectivity index (χ2n) is 5.91. The van der Waals surface area contributed by atoms with Gasteiger partial charge in [0.1, 0.15) is 6.04 Å². The lowest BCUT2D eigenvalue weighted by atomic mass is 9.95. The molecule has 0 aromatic carbocycles. The molecular weight excluding hydrogens is 298 g/mol. The summed E-state index contributed by atoms with van der Waals surface area (Å²) in [5.74, 6) is 0.142. The van der Waals surface area contributed by atoms with E-state index in [1.165, 1.54) is 11.3 Å². The molecule has 1 amide bonds. The molecule has 4 nitrogen and oxygen atoms in total. The fourth-order valence-corrected chi connectivity index (χ4v) is 3.78. The van der Waals surface area contributed by atoms with Gasteiger partial charge in [-0.2, -0.15) is 0 Å². The average molecular weight is 319 g/mol. The Morgan fingerprint density at radius 2 is 2.23 bits per heavy atom. The van der Waals surface area contributed by atoms with Crippen molar-refractivity contribution in [2.75, 3.05) is 13.2 Å². The van der Waals surface area contributed by atoms with Gasteiger partial charge in [0.05, 0.1) is 11.5 Å². The van der Waals surface area contributed by atoms with Crippen LogP contribution in [0.2, 0.25) is 0 Å². The molecular formula is C17H21NO3S. The van der Waals surface area contributed by atoms with Crippen LogP contribution >= 0.6 is 11.3 Å². The highest BCUT2D eigenvalue weighted by atomic mass is 32.1. The SMILES string of the molecule is O=C(OCC1CC=CCC1)C1CCCN1C(=O)c1cccs1. The second-order valence-corrected chi connectivity index (χ2v) is 6.86. The van der Waals surface area contributed by atoms with E-state index in [0.29, 0.717) is 30.4 Å². The van der Waals surface area contributed by atoms with E-state index in [4.69, 9.17) is 4.74 Å². The minimum atomic E-state index is -0.409. The van der Waals surface area contributed by atoms with E-state index in [1.807, 2.05) is 17.5 Å². The number of nitrogens with zero attached hydrogens (tertiary/aromatic N) is 1. The highest BCUT2D eigenvalue weighted by Gasteiger charge is 2.36. The maximum Gasteiger partial charge on any atom is 0.328 e. The van der Waals surface area contributed by atoms with Crippen LogP contribution in [-0.4, -0.2) is 36.0 Å². The predicted molar refractivity (Wildman–Crippen MR) is 85.8 cm³/mol. The third kappa shape index (κ3) is 3.40. The van der Waals surface area contributed by atoms with E-state index in [1.54, 1.807) is 4.90 Å². The summed E-state index contributed by atoms with van der Waals surface area (Å²) in [4.78, 5) is 27.2. The Morgan fingerprint density at radius 3 is 2.95 bits per heavy atom. The highest BCUT2D eigenvalue weighted by molar-refractivity contribution is 7.12. The van der Waals surface area contributed by atoms with Crippen molar-refractivity contribution >= 4 is 23.2 Å². The number of hydrogen-bond donors (Lipinski definition) is 0. The summed E-state index contributed by atoms with van der Waals surface area (Å²) in [7, 11) is 0. The number of hydrogen-bond acceptors (Lipinski definition) is 4. The molecule has 2 atom stereocenters. The lowest BCUT2D eigenvalue weighted by Crippen LogP contribution is -2.41. The molecule has 5 heteroatoms. The topological polar surface area (TPSA) is 46.6 Å². The number of allylic oxidation sites excluding steroid dienone is 2. The number of carbonyl (C=O) groups excluding carboxylic acids is 2. The summed E-state index contributed by atoms with van der Waals surface area (Å²) in [5, 5.41) is 1.88. The van der Waals surface area contributed by atoms with Crippen LogP contribution in [0.1, 0.15) is 41.8 Å². The second kappa shape index (κ2) is 7.09. The summed E-state index contributed by atoms with van der Waals surface area (Å²) in [6.45, 7) is 1.11. The molecule has 1 fully saturated rings. The molecule has 2 unspecified atom stereocenters. The first-order valence-electron chi connectivity index (χ1n) is 7.92. The standard InChI is InChI=1S/C17H21NO3S/c19-16(15-9-5-11-22-15)18-10-4-8-14(18)17(20)21-12-13-6-2-1-3-7-13/h1-2,5,9,11,13-14H,3-4,6-8,10,12H2. The number of thiophene rings is 1. The largest absolute Gasteiger partial charge is 0.464 e. The number of amides is 1. The van der Waals surface area contributed by atoms with Gasteiger partial charge < -0.3 is 9.64 Å². The minimum Gasteiger partial charge on any atom is -0.464 e. The smallest absolute Gasteiger partial charge is 0.328 e. The van der Waals surface area contributed by atoms with Crippen molar-refractivity contribution in [2.45, 2.75) is 38.1 Å². The Balaban J connectivity index is 1.56. The Hall–Kier alpha value is -1.62. The van der Waals surface area contributed by atoms with Gasteiger partial charge in [0.25, 0.3) is 5.91 Å². The first-order chi connectivity index (χ1) is 10.8. The molecule has 1 aromatic rings. The van der Waals surface area contributed by atoms with Crippen LogP contribution in [0.5, 0.6) is 0 Å². The van der Waals surface area contributed by atoms with Gasteiger partial charge >= 0.3 is 5.97 Å². The van der Waals surface area contributed by atoms with Gasteiger partial charge in [0.2, 0.25) is 0 Å². The van der Waals surface area contributed by atoms with Crippen LogP contribution in [0.4, 0.5) is 0 Å². The van der Waals surface area contributed by atoms with E-state index in [0.717, 1.165) is 25.7 Å². The Bertz CT molecular complexity index is 552. The van der Waals surface area contributed by atoms with Gasteiger partial charge in [-0.15, -0.1) is 11.3 Å². The van der Waals surface area contributed by atoms with Gasteiger partial charge in [-0.25, -0.2) is 4.79 Å². The van der Waals surface area contributed by atoms with E-state index >= 15 is 0 Å². The Labute approximate surface area is 134 Å². The maximum atomic E-state index is 12.4. The van der Waals surface area contributed by atoms with Crippen LogP contribution in [0.15, 0.2) is 29.7 Å². The molecule has 1 aromatic heterocycles. The molecule has 118 valence electrons. The monoisotopic (exact) mass is 319 g/mol. The predicted octanol–water partition coefficient (Wildman–Crippen LogP) is 3.25. The van der Waals surface area contributed by atoms with Gasteiger partial charge in [-0.05, 0) is 49.5 Å². The summed E-state index contributed by atoms with van der Waals surface area (Å²) >= 11 is 1.42. The van der Waals surface area contributed by atoms with Gasteiger partial charge in [-0.1, -0.05) is 18.2 Å². The number of carbonyl (C=O) groups is 2. The highest BCUT2D eigenvalue weighted by Crippen LogP contribution is 2.24. The summed E-state index contributed by atoms with van der Waals surface area (Å²) < 4.78 is 5.50. The fraction of sp³-hybridized carbons (Fsp3) is 0.529. The van der Waals surface area contributed by atoms with Crippen LogP contribution in [0.25, 0.3) is 0 Å². The van der Waals surface area contributed by atoms with Crippen molar-refractivity contribution in [3.8, 4) is 0 Å². The van der Waals surface area contributed by atoms with Crippen LogP contribution < -0.4 is 0 Å². The van der Waals surface area contributed by atoms with Gasteiger partial charge in [-0.3, -0.25) is 4.79 Å². The van der Waals surface area contributed by atoms with E-state index in [-0.39, 0.29) is 11.9 Å². The van der Waals surface area contributed by atoms with Crippen molar-refractivity contribution in [1.29, 1.82) is 0 Å². The summed E-state index contributed by atoms with van der Waals surface area (Å²) in [6, 6.07) is 3.26. The fourth-order valence-electron chi connectivity index (χ4n) is 3.10. The Morgan fingerprint density at radius 1 is 1.32 bits per heavy atom. The van der Waals surface area contributed by atoms with Crippen molar-refractivity contribution < 1.29 is 14.3 Å². The molecule has 2 heterocycles. The third-order valence-corrected chi connectivity index (χ3v) is 5.21. The first kappa shape index (κ1) is 15.3. The summed E-state index contributed by atoms with van der Waals surface area (Å²) in [6.07, 6.45) is 9.03. The molecule has 0 saturated carbocycles.